The minimum atomic E-state index is -0.285. The maximum absolute atomic E-state index is 11.7. The number of amides is 1. The SMILES string of the molecule is CCCCCCCCCC(=O)NC(C)(C)CCO. The lowest BCUT2D eigenvalue weighted by atomic mass is 10.0. The molecule has 2 N–H and O–H groups in total. The van der Waals surface area contributed by atoms with E-state index in [2.05, 4.69) is 12.2 Å². The van der Waals surface area contributed by atoms with Gasteiger partial charge in [0.25, 0.3) is 0 Å². The second-order valence-corrected chi connectivity index (χ2v) is 5.78. The molecule has 0 spiro atoms. The van der Waals surface area contributed by atoms with Gasteiger partial charge in [-0.3, -0.25) is 4.79 Å². The molecule has 0 saturated carbocycles. The Hall–Kier alpha value is -0.570. The van der Waals surface area contributed by atoms with Crippen molar-refractivity contribution >= 4 is 5.91 Å². The van der Waals surface area contributed by atoms with Gasteiger partial charge in [0, 0.05) is 18.6 Å². The molecule has 0 atom stereocenters. The summed E-state index contributed by atoms with van der Waals surface area (Å²) in [5.74, 6) is 0.113. The van der Waals surface area contributed by atoms with Gasteiger partial charge in [-0.1, -0.05) is 45.4 Å². The molecule has 0 fully saturated rings. The van der Waals surface area contributed by atoms with Crippen molar-refractivity contribution in [3.05, 3.63) is 0 Å². The Morgan fingerprint density at radius 1 is 1.06 bits per heavy atom. The third kappa shape index (κ3) is 10.6. The summed E-state index contributed by atoms with van der Waals surface area (Å²) in [7, 11) is 0. The predicted molar refractivity (Wildman–Crippen MR) is 76.5 cm³/mol. The van der Waals surface area contributed by atoms with Crippen LogP contribution in [0.5, 0.6) is 0 Å². The van der Waals surface area contributed by atoms with Crippen LogP contribution in [0.15, 0.2) is 0 Å². The third-order valence-corrected chi connectivity index (χ3v) is 3.22. The van der Waals surface area contributed by atoms with Gasteiger partial charge in [-0.25, -0.2) is 0 Å². The van der Waals surface area contributed by atoms with E-state index in [4.69, 9.17) is 5.11 Å². The van der Waals surface area contributed by atoms with Gasteiger partial charge in [-0.15, -0.1) is 0 Å². The number of rotatable bonds is 11. The first kappa shape index (κ1) is 17.4. The highest BCUT2D eigenvalue weighted by molar-refractivity contribution is 5.76. The lowest BCUT2D eigenvalue weighted by molar-refractivity contribution is -0.122. The highest BCUT2D eigenvalue weighted by Crippen LogP contribution is 2.10. The van der Waals surface area contributed by atoms with Crippen molar-refractivity contribution in [3.8, 4) is 0 Å². The van der Waals surface area contributed by atoms with Gasteiger partial charge in [-0.2, -0.15) is 0 Å². The zero-order valence-electron chi connectivity index (χ0n) is 12.4. The first-order valence-corrected chi connectivity index (χ1v) is 7.43. The van der Waals surface area contributed by atoms with Gasteiger partial charge >= 0.3 is 0 Å². The zero-order valence-corrected chi connectivity index (χ0v) is 12.4. The van der Waals surface area contributed by atoms with E-state index >= 15 is 0 Å². The van der Waals surface area contributed by atoms with Gasteiger partial charge in [0.1, 0.15) is 0 Å². The van der Waals surface area contributed by atoms with Crippen molar-refractivity contribution in [2.24, 2.45) is 0 Å². The molecule has 0 aromatic rings. The van der Waals surface area contributed by atoms with Crippen LogP contribution in [-0.4, -0.2) is 23.2 Å². The van der Waals surface area contributed by atoms with E-state index in [9.17, 15) is 4.79 Å². The molecule has 0 rings (SSSR count). The number of nitrogens with one attached hydrogen (secondary N) is 1. The maximum Gasteiger partial charge on any atom is 0.220 e. The topological polar surface area (TPSA) is 49.3 Å². The molecule has 3 heteroatoms. The molecule has 0 aliphatic rings. The van der Waals surface area contributed by atoms with E-state index in [1.54, 1.807) is 0 Å². The summed E-state index contributed by atoms with van der Waals surface area (Å²) in [6, 6.07) is 0. The van der Waals surface area contributed by atoms with Crippen molar-refractivity contribution in [1.29, 1.82) is 0 Å². The summed E-state index contributed by atoms with van der Waals surface area (Å²) in [5, 5.41) is 11.8. The molecule has 108 valence electrons. The largest absolute Gasteiger partial charge is 0.396 e. The van der Waals surface area contributed by atoms with Crippen LogP contribution in [0.3, 0.4) is 0 Å². The van der Waals surface area contributed by atoms with Crippen molar-refractivity contribution in [1.82, 2.24) is 5.32 Å². The molecule has 3 nitrogen and oxygen atoms in total. The number of carbonyl (C=O) groups excluding carboxylic acids is 1. The number of aliphatic hydroxyl groups excluding tert-OH is 1. The summed E-state index contributed by atoms with van der Waals surface area (Å²) in [5.41, 5.74) is -0.285. The molecule has 0 aliphatic carbocycles. The first-order chi connectivity index (χ1) is 8.52. The predicted octanol–water partition coefficient (Wildman–Crippen LogP) is 3.40. The highest BCUT2D eigenvalue weighted by Gasteiger charge is 2.18. The Balaban J connectivity index is 3.48. The van der Waals surface area contributed by atoms with Crippen molar-refractivity contribution in [2.45, 2.75) is 84.1 Å². The minimum Gasteiger partial charge on any atom is -0.396 e. The van der Waals surface area contributed by atoms with Gasteiger partial charge in [0.15, 0.2) is 0 Å². The van der Waals surface area contributed by atoms with Crippen LogP contribution in [0.2, 0.25) is 0 Å². The molecular weight excluding hydrogens is 226 g/mol. The van der Waals surface area contributed by atoms with Crippen LogP contribution in [0.1, 0.15) is 78.6 Å². The van der Waals surface area contributed by atoms with Crippen LogP contribution in [0, 0.1) is 0 Å². The number of unbranched alkanes of at least 4 members (excludes halogenated alkanes) is 6. The molecule has 1 amide bonds. The van der Waals surface area contributed by atoms with Crippen LogP contribution < -0.4 is 5.32 Å². The maximum atomic E-state index is 11.7. The molecule has 0 heterocycles. The molecule has 0 aromatic carbocycles. The first-order valence-electron chi connectivity index (χ1n) is 7.43. The second kappa shape index (κ2) is 10.4. The fraction of sp³-hybridized carbons (Fsp3) is 0.933. The van der Waals surface area contributed by atoms with E-state index in [1.165, 1.54) is 32.1 Å². The fourth-order valence-corrected chi connectivity index (χ4v) is 2.02. The van der Waals surface area contributed by atoms with E-state index in [-0.39, 0.29) is 18.1 Å². The average Bonchev–Trinajstić information content (AvgIpc) is 2.27. The highest BCUT2D eigenvalue weighted by atomic mass is 16.3. The number of carbonyl (C=O) groups is 1. The normalized spacial score (nSPS) is 11.6. The van der Waals surface area contributed by atoms with Gasteiger partial charge < -0.3 is 10.4 Å². The van der Waals surface area contributed by atoms with Crippen LogP contribution in [0.25, 0.3) is 0 Å². The molecular formula is C15H31NO2. The summed E-state index contributed by atoms with van der Waals surface area (Å²) in [6.45, 7) is 6.24. The summed E-state index contributed by atoms with van der Waals surface area (Å²) < 4.78 is 0. The molecule has 0 saturated heterocycles. The van der Waals surface area contributed by atoms with E-state index in [1.807, 2.05) is 13.8 Å². The summed E-state index contributed by atoms with van der Waals surface area (Å²) >= 11 is 0. The average molecular weight is 257 g/mol. The molecule has 0 aromatic heterocycles. The van der Waals surface area contributed by atoms with Gasteiger partial charge in [-0.05, 0) is 26.7 Å². The lowest BCUT2D eigenvalue weighted by Crippen LogP contribution is -2.43. The fourth-order valence-electron chi connectivity index (χ4n) is 2.02. The van der Waals surface area contributed by atoms with E-state index < -0.39 is 0 Å². The molecule has 18 heavy (non-hydrogen) atoms. The third-order valence-electron chi connectivity index (χ3n) is 3.22. The number of hydrogen-bond acceptors (Lipinski definition) is 2. The summed E-state index contributed by atoms with van der Waals surface area (Å²) in [6.07, 6.45) is 9.83. The zero-order chi connectivity index (χ0) is 13.9. The Morgan fingerprint density at radius 2 is 1.61 bits per heavy atom. The van der Waals surface area contributed by atoms with Gasteiger partial charge in [0.2, 0.25) is 5.91 Å². The molecule has 0 bridgehead atoms. The van der Waals surface area contributed by atoms with Crippen molar-refractivity contribution < 1.29 is 9.90 Å². The number of hydrogen-bond donors (Lipinski definition) is 2. The molecule has 0 radical (unpaired) electrons. The monoisotopic (exact) mass is 257 g/mol. The standard InChI is InChI=1S/C15H31NO2/c1-4-5-6-7-8-9-10-11-14(18)16-15(2,3)12-13-17/h17H,4-13H2,1-3H3,(H,16,18). The Bertz CT molecular complexity index is 215. The number of aliphatic hydroxyl groups is 1. The quantitative estimate of drug-likeness (QED) is 0.557. The van der Waals surface area contributed by atoms with Crippen LogP contribution >= 0.6 is 0 Å². The van der Waals surface area contributed by atoms with Crippen LogP contribution in [-0.2, 0) is 4.79 Å². The Labute approximate surface area is 112 Å². The van der Waals surface area contributed by atoms with E-state index in [0.717, 1.165) is 12.8 Å². The Morgan fingerprint density at radius 3 is 2.17 bits per heavy atom. The molecule has 0 unspecified atom stereocenters. The van der Waals surface area contributed by atoms with Crippen molar-refractivity contribution in [3.63, 3.8) is 0 Å². The minimum absolute atomic E-state index is 0.113. The smallest absolute Gasteiger partial charge is 0.220 e. The van der Waals surface area contributed by atoms with Gasteiger partial charge in [0.05, 0.1) is 0 Å². The Kier molecular flexibility index (Phi) is 10.0. The lowest BCUT2D eigenvalue weighted by Gasteiger charge is -2.25. The van der Waals surface area contributed by atoms with Crippen molar-refractivity contribution in [2.75, 3.05) is 6.61 Å². The second-order valence-electron chi connectivity index (χ2n) is 5.78. The van der Waals surface area contributed by atoms with E-state index in [0.29, 0.717) is 12.8 Å². The van der Waals surface area contributed by atoms with Crippen LogP contribution in [0.4, 0.5) is 0 Å². The molecule has 0 aliphatic heterocycles. The summed E-state index contributed by atoms with van der Waals surface area (Å²) in [4.78, 5) is 11.7.